The lowest BCUT2D eigenvalue weighted by molar-refractivity contribution is 0.0215. The molecule has 0 radical (unpaired) electrons. The van der Waals surface area contributed by atoms with Crippen LogP contribution in [-0.2, 0) is 4.74 Å². The van der Waals surface area contributed by atoms with E-state index in [1.165, 1.54) is 13.3 Å². The molecule has 0 saturated carbocycles. The van der Waals surface area contributed by atoms with Crippen molar-refractivity contribution in [2.24, 2.45) is 0 Å². The molecular weight excluding hydrogens is 222 g/mol. The summed E-state index contributed by atoms with van der Waals surface area (Å²) in [6.07, 6.45) is 0.497. The maximum absolute atomic E-state index is 12.1. The van der Waals surface area contributed by atoms with Gasteiger partial charge in [-0.3, -0.25) is 4.79 Å². The van der Waals surface area contributed by atoms with Gasteiger partial charge in [0, 0.05) is 20.2 Å². The summed E-state index contributed by atoms with van der Waals surface area (Å²) in [5.74, 6) is -0.151. The smallest absolute Gasteiger partial charge is 0.255 e. The highest BCUT2D eigenvalue weighted by atomic mass is 16.5. The van der Waals surface area contributed by atoms with E-state index in [2.05, 4.69) is 10.2 Å². The maximum atomic E-state index is 12.1. The second kappa shape index (κ2) is 4.77. The Labute approximate surface area is 99.2 Å². The highest BCUT2D eigenvalue weighted by Crippen LogP contribution is 2.15. The number of aliphatic hydroxyl groups excluding tert-OH is 1. The number of hydrogen-bond donors (Lipinski definition) is 1. The Morgan fingerprint density at radius 1 is 1.59 bits per heavy atom. The van der Waals surface area contributed by atoms with Gasteiger partial charge in [0.2, 0.25) is 0 Å². The van der Waals surface area contributed by atoms with Gasteiger partial charge in [-0.2, -0.15) is 10.2 Å². The molecule has 17 heavy (non-hydrogen) atoms. The van der Waals surface area contributed by atoms with E-state index in [4.69, 9.17) is 4.74 Å². The Hall–Kier alpha value is -1.53. The van der Waals surface area contributed by atoms with Crippen molar-refractivity contribution in [1.82, 2.24) is 15.1 Å². The standard InChI is InChI=1S/C11H15N3O3/c1-7-3-8(4-12-13-7)11(16)14-5-9(15)10(6-14)17-2/h3-4,9-10,15H,5-6H2,1-2H3/t9-,10-/m1/s1. The summed E-state index contributed by atoms with van der Waals surface area (Å²) in [6, 6.07) is 1.68. The second-order valence-corrected chi connectivity index (χ2v) is 4.14. The molecule has 92 valence electrons. The Balaban J connectivity index is 2.12. The van der Waals surface area contributed by atoms with Crippen molar-refractivity contribution in [3.63, 3.8) is 0 Å². The molecule has 1 aliphatic heterocycles. The minimum atomic E-state index is -0.625. The molecule has 1 N–H and O–H groups in total. The number of carbonyl (C=O) groups excluding carboxylic acids is 1. The fourth-order valence-corrected chi connectivity index (χ4v) is 1.93. The second-order valence-electron chi connectivity index (χ2n) is 4.14. The maximum Gasteiger partial charge on any atom is 0.255 e. The summed E-state index contributed by atoms with van der Waals surface area (Å²) in [5.41, 5.74) is 1.18. The SMILES string of the molecule is CO[C@@H]1CN(C(=O)c2cnnc(C)c2)C[C@H]1O. The molecule has 1 saturated heterocycles. The number of likely N-dealkylation sites (tertiary alicyclic amines) is 1. The van der Waals surface area contributed by atoms with Crippen LogP contribution in [0.4, 0.5) is 0 Å². The molecule has 0 unspecified atom stereocenters. The Kier molecular flexibility index (Phi) is 3.35. The number of aromatic nitrogens is 2. The van der Waals surface area contributed by atoms with Gasteiger partial charge in [-0.15, -0.1) is 0 Å². The zero-order valence-electron chi connectivity index (χ0n) is 9.83. The molecule has 6 nitrogen and oxygen atoms in total. The summed E-state index contributed by atoms with van der Waals surface area (Å²) >= 11 is 0. The molecule has 2 rings (SSSR count). The zero-order valence-corrected chi connectivity index (χ0v) is 9.83. The third-order valence-electron chi connectivity index (χ3n) is 2.85. The summed E-state index contributed by atoms with van der Waals surface area (Å²) in [6.45, 7) is 2.47. The van der Waals surface area contributed by atoms with Gasteiger partial charge in [0.05, 0.1) is 23.6 Å². The van der Waals surface area contributed by atoms with Crippen molar-refractivity contribution in [2.45, 2.75) is 19.1 Å². The molecule has 6 heteroatoms. The van der Waals surface area contributed by atoms with E-state index in [-0.39, 0.29) is 12.0 Å². The molecule has 2 atom stereocenters. The third-order valence-corrected chi connectivity index (χ3v) is 2.85. The lowest BCUT2D eigenvalue weighted by Gasteiger charge is -2.15. The van der Waals surface area contributed by atoms with Crippen molar-refractivity contribution in [2.75, 3.05) is 20.2 Å². The molecule has 1 aromatic rings. The van der Waals surface area contributed by atoms with Crippen molar-refractivity contribution < 1.29 is 14.6 Å². The highest BCUT2D eigenvalue weighted by molar-refractivity contribution is 5.94. The number of aryl methyl sites for hydroxylation is 1. The van der Waals surface area contributed by atoms with Crippen molar-refractivity contribution in [3.8, 4) is 0 Å². The minimum absolute atomic E-state index is 0.151. The van der Waals surface area contributed by atoms with Crippen LogP contribution in [-0.4, -0.2) is 58.5 Å². The van der Waals surface area contributed by atoms with Gasteiger partial charge >= 0.3 is 0 Å². The fraction of sp³-hybridized carbons (Fsp3) is 0.545. The van der Waals surface area contributed by atoms with Crippen LogP contribution in [0.3, 0.4) is 0 Å². The van der Waals surface area contributed by atoms with E-state index >= 15 is 0 Å². The molecule has 2 heterocycles. The Bertz CT molecular complexity index is 424. The summed E-state index contributed by atoms with van der Waals surface area (Å²) < 4.78 is 5.09. The summed E-state index contributed by atoms with van der Waals surface area (Å²) in [7, 11) is 1.53. The molecule has 1 fully saturated rings. The lowest BCUT2D eigenvalue weighted by atomic mass is 10.2. The number of hydrogen-bond acceptors (Lipinski definition) is 5. The first-order valence-electron chi connectivity index (χ1n) is 5.41. The molecule has 0 spiro atoms. The quantitative estimate of drug-likeness (QED) is 0.758. The molecule has 1 aliphatic rings. The monoisotopic (exact) mass is 237 g/mol. The van der Waals surface area contributed by atoms with Crippen molar-refractivity contribution in [1.29, 1.82) is 0 Å². The lowest BCUT2D eigenvalue weighted by Crippen LogP contribution is -2.30. The van der Waals surface area contributed by atoms with Gasteiger partial charge in [-0.25, -0.2) is 0 Å². The number of β-amino-alcohol motifs (C(OH)–C–C–N with tert-alkyl or cyclic N) is 1. The number of rotatable bonds is 2. The summed E-state index contributed by atoms with van der Waals surface area (Å²) in [5, 5.41) is 17.2. The first-order chi connectivity index (χ1) is 8.11. The van der Waals surface area contributed by atoms with E-state index < -0.39 is 6.10 Å². The van der Waals surface area contributed by atoms with Gasteiger partial charge in [0.1, 0.15) is 6.10 Å². The first kappa shape index (κ1) is 11.9. The minimum Gasteiger partial charge on any atom is -0.388 e. The van der Waals surface area contributed by atoms with Gasteiger partial charge in [0.15, 0.2) is 0 Å². The fourth-order valence-electron chi connectivity index (χ4n) is 1.93. The Morgan fingerprint density at radius 3 is 2.94 bits per heavy atom. The topological polar surface area (TPSA) is 75.5 Å². The third kappa shape index (κ3) is 2.42. The molecule has 1 amide bonds. The molecule has 0 aromatic carbocycles. The Morgan fingerprint density at radius 2 is 2.35 bits per heavy atom. The van der Waals surface area contributed by atoms with E-state index in [9.17, 15) is 9.90 Å². The van der Waals surface area contributed by atoms with Gasteiger partial charge in [0.25, 0.3) is 5.91 Å². The van der Waals surface area contributed by atoms with E-state index in [0.29, 0.717) is 24.3 Å². The highest BCUT2D eigenvalue weighted by Gasteiger charge is 2.34. The van der Waals surface area contributed by atoms with Gasteiger partial charge in [-0.05, 0) is 13.0 Å². The normalized spacial score (nSPS) is 24.1. The average Bonchev–Trinajstić information content (AvgIpc) is 2.69. The average molecular weight is 237 g/mol. The van der Waals surface area contributed by atoms with Gasteiger partial charge in [-0.1, -0.05) is 0 Å². The van der Waals surface area contributed by atoms with E-state index in [0.717, 1.165) is 0 Å². The number of aliphatic hydroxyl groups is 1. The van der Waals surface area contributed by atoms with Crippen LogP contribution in [0.1, 0.15) is 16.1 Å². The van der Waals surface area contributed by atoms with Crippen LogP contribution in [0.5, 0.6) is 0 Å². The van der Waals surface area contributed by atoms with Crippen LogP contribution in [0.25, 0.3) is 0 Å². The predicted octanol–water partition coefficient (Wildman–Crippen LogP) is -0.383. The van der Waals surface area contributed by atoms with Crippen molar-refractivity contribution in [3.05, 3.63) is 23.5 Å². The number of ether oxygens (including phenoxy) is 1. The molecule has 0 bridgehead atoms. The van der Waals surface area contributed by atoms with E-state index in [1.54, 1.807) is 17.9 Å². The van der Waals surface area contributed by atoms with Crippen LogP contribution < -0.4 is 0 Å². The number of methoxy groups -OCH3 is 1. The summed E-state index contributed by atoms with van der Waals surface area (Å²) in [4.78, 5) is 13.7. The van der Waals surface area contributed by atoms with Crippen LogP contribution >= 0.6 is 0 Å². The van der Waals surface area contributed by atoms with Crippen LogP contribution in [0.2, 0.25) is 0 Å². The van der Waals surface area contributed by atoms with E-state index in [1.807, 2.05) is 0 Å². The first-order valence-corrected chi connectivity index (χ1v) is 5.41. The molecule has 1 aromatic heterocycles. The van der Waals surface area contributed by atoms with Crippen molar-refractivity contribution >= 4 is 5.91 Å². The number of carbonyl (C=O) groups is 1. The largest absolute Gasteiger partial charge is 0.388 e. The zero-order chi connectivity index (χ0) is 12.4. The van der Waals surface area contributed by atoms with Crippen LogP contribution in [0, 0.1) is 6.92 Å². The molecule has 0 aliphatic carbocycles. The number of amides is 1. The number of nitrogens with zero attached hydrogens (tertiary/aromatic N) is 3. The predicted molar refractivity (Wildman–Crippen MR) is 59.5 cm³/mol. The molecular formula is C11H15N3O3. The van der Waals surface area contributed by atoms with Crippen LogP contribution in [0.15, 0.2) is 12.3 Å². The van der Waals surface area contributed by atoms with Gasteiger partial charge < -0.3 is 14.7 Å².